The number of para-hydroxylation sites is 2. The van der Waals surface area contributed by atoms with Gasteiger partial charge in [0, 0.05) is 119 Å². The third-order valence-corrected chi connectivity index (χ3v) is 24.6. The summed E-state index contributed by atoms with van der Waals surface area (Å²) in [7, 11) is 3.75. The number of hydrogen-bond acceptors (Lipinski definition) is 25. The summed E-state index contributed by atoms with van der Waals surface area (Å²) in [4.78, 5) is 280. The van der Waals surface area contributed by atoms with Crippen LogP contribution in [0, 0.1) is 0 Å². The lowest BCUT2D eigenvalue weighted by molar-refractivity contribution is -0.149. The molecule has 24 N–H and O–H groups in total. The lowest BCUT2D eigenvalue weighted by Crippen LogP contribution is -2.62. The number of aliphatic hydroxyl groups excluding tert-OH is 1. The van der Waals surface area contributed by atoms with E-state index < -0.39 is 279 Å². The van der Waals surface area contributed by atoms with E-state index in [4.69, 9.17) is 22.9 Å². The molecule has 0 spiro atoms. The molecule has 0 unspecified atom stereocenters. The number of carboxylic acids is 3. The van der Waals surface area contributed by atoms with Crippen LogP contribution >= 0.6 is 11.8 Å². The molecule has 724 valence electrons. The van der Waals surface area contributed by atoms with Crippen molar-refractivity contribution in [3.05, 3.63) is 102 Å². The summed E-state index contributed by atoms with van der Waals surface area (Å²) < 4.78 is 1.41. The number of likely N-dealkylation sites (N-methyl/N-ethyl adjacent to an activating group) is 3. The third kappa shape index (κ3) is 28.8. The minimum Gasteiger partial charge on any atom is -0.508 e. The number of carbonyl (C=O) groups excluding carboxylic acids is 16. The number of aromatic nitrogens is 2. The number of fused-ring (bicyclic) bond motifs is 4. The van der Waals surface area contributed by atoms with Gasteiger partial charge in [-0.1, -0.05) is 88.1 Å². The van der Waals surface area contributed by atoms with Gasteiger partial charge in [-0.05, 0) is 92.9 Å². The molecule has 3 aliphatic heterocycles. The normalized spacial score (nSPS) is 24.9. The van der Waals surface area contributed by atoms with E-state index in [0.29, 0.717) is 57.8 Å². The van der Waals surface area contributed by atoms with E-state index in [2.05, 4.69) is 58.2 Å². The van der Waals surface area contributed by atoms with Crippen molar-refractivity contribution < 1.29 is 117 Å². The van der Waals surface area contributed by atoms with Crippen molar-refractivity contribution in [3.8, 4) is 5.75 Å². The van der Waals surface area contributed by atoms with Crippen molar-refractivity contribution in [1.82, 2.24) is 87.2 Å². The number of nitrogens with two attached hydrogens (primary N) is 4. The molecule has 8 rings (SSSR count). The van der Waals surface area contributed by atoms with Gasteiger partial charge in [0.1, 0.15) is 96.9 Å². The molecule has 0 radical (unpaired) electrons. The quantitative estimate of drug-likeness (QED) is 0.0247. The van der Waals surface area contributed by atoms with Crippen molar-refractivity contribution in [3.63, 3.8) is 0 Å². The Morgan fingerprint density at radius 2 is 1.08 bits per heavy atom. The summed E-state index contributed by atoms with van der Waals surface area (Å²) in [6, 6.07) is -4.34. The molecular formula is C87H121N21O24S. The number of carboxylic acid groups (broad SMARTS) is 3. The van der Waals surface area contributed by atoms with Gasteiger partial charge in [-0.3, -0.25) is 91.1 Å². The fraction of sp³-hybridized carbons (Fsp3) is 0.529. The maximum absolute atomic E-state index is 15.9. The lowest BCUT2D eigenvalue weighted by atomic mass is 10.00. The Morgan fingerprint density at radius 3 is 1.71 bits per heavy atom. The first-order chi connectivity index (χ1) is 63.2. The number of aromatic amines is 1. The number of phenols is 1. The first-order valence-electron chi connectivity index (χ1n) is 43.8. The number of rotatable bonds is 26. The fourth-order valence-electron chi connectivity index (χ4n) is 16.1. The number of hydrogen-bond donors (Lipinski definition) is 20. The van der Waals surface area contributed by atoms with Crippen LogP contribution in [0.1, 0.15) is 121 Å². The molecule has 2 aromatic heterocycles. The van der Waals surface area contributed by atoms with E-state index >= 15 is 28.8 Å². The largest absolute Gasteiger partial charge is 0.508 e. The van der Waals surface area contributed by atoms with Crippen LogP contribution in [0.25, 0.3) is 21.8 Å². The molecule has 16 amide bonds. The van der Waals surface area contributed by atoms with Gasteiger partial charge in [0.25, 0.3) is 0 Å². The van der Waals surface area contributed by atoms with Gasteiger partial charge in [0.05, 0.1) is 24.8 Å². The molecule has 0 saturated carbocycles. The Bertz CT molecular complexity index is 5070. The average Bonchev–Trinajstić information content (AvgIpc) is 1.70. The maximum atomic E-state index is 15.9. The molecule has 5 heterocycles. The van der Waals surface area contributed by atoms with E-state index in [1.165, 1.54) is 56.0 Å². The molecule has 3 fully saturated rings. The van der Waals surface area contributed by atoms with Crippen LogP contribution in [0.5, 0.6) is 5.75 Å². The Hall–Kier alpha value is -13.3. The second-order valence-corrected chi connectivity index (χ2v) is 34.2. The van der Waals surface area contributed by atoms with Gasteiger partial charge < -0.3 is 136 Å². The number of benzene rings is 3. The van der Waals surface area contributed by atoms with Gasteiger partial charge in [0.2, 0.25) is 94.5 Å². The maximum Gasteiger partial charge on any atom is 0.323 e. The molecule has 3 aromatic carbocycles. The summed E-state index contributed by atoms with van der Waals surface area (Å²) in [5, 5.41) is 78.0. The predicted octanol–water partition coefficient (Wildman–Crippen LogP) is -4.91. The van der Waals surface area contributed by atoms with Crippen LogP contribution < -0.4 is 76.1 Å². The molecule has 3 aliphatic rings. The topological polar surface area (TPSA) is 687 Å². The average molecular weight is 1880 g/mol. The number of aliphatic carboxylic acids is 3. The number of H-pyrrole nitrogens is 1. The van der Waals surface area contributed by atoms with E-state index in [-0.39, 0.29) is 70.2 Å². The number of unbranched alkanes of at least 4 members (excludes halogenated alkanes) is 2. The zero-order chi connectivity index (χ0) is 97.8. The molecule has 46 heteroatoms. The first-order valence-corrected chi connectivity index (χ1v) is 45.0. The highest BCUT2D eigenvalue weighted by Crippen LogP contribution is 2.29. The minimum atomic E-state index is -1.95. The van der Waals surface area contributed by atoms with Gasteiger partial charge in [-0.2, -0.15) is 0 Å². The summed E-state index contributed by atoms with van der Waals surface area (Å²) in [5.74, 6) is -21.9. The Kier molecular flexibility index (Phi) is 39.3. The highest BCUT2D eigenvalue weighted by molar-refractivity contribution is 8.00. The predicted molar refractivity (Wildman–Crippen MR) is 480 cm³/mol. The SMILES string of the molecule is CCCC[C@H]1C(=O)N(C)[C@@H](CCCC)C(=O)N[C@@H](CN)C(=O)N[C@H](C(=O)NCC(N)=O)CSCC(=O)N[C@@H](Cc2ccc(O)cc2)C(=O)N(C)[C@@H](C)C(=O)N[C@H](CC(=O)O)C(=O)N2CCC[C@H]2C(=O)N[C@@H](CN)C(=O)N[C@@H](CCC(=O)O)C(=O)N2C[C@H](O)C[C@H]2C(=O)N[C@@H](Cc2c[nH]c3ccccc23)C(=O)N[C@@H](CCN)C(=O)N[C@@H](Cc2cn(CC(=O)O)c3ccccc23)C(=O)N1C. The monoisotopic (exact) mass is 1880 g/mol. The second-order valence-electron chi connectivity index (χ2n) is 33.1. The summed E-state index contributed by atoms with van der Waals surface area (Å²) >= 11 is 0.722. The van der Waals surface area contributed by atoms with Crippen molar-refractivity contribution in [2.75, 3.05) is 71.9 Å². The van der Waals surface area contributed by atoms with Gasteiger partial charge in [0.15, 0.2) is 0 Å². The Morgan fingerprint density at radius 1 is 0.526 bits per heavy atom. The molecule has 0 bridgehead atoms. The number of phenolic OH excluding ortho intramolecular Hbond substituents is 1. The minimum absolute atomic E-state index is 0.0562. The zero-order valence-electron chi connectivity index (χ0n) is 74.8. The van der Waals surface area contributed by atoms with Gasteiger partial charge in [-0.15, -0.1) is 11.8 Å². The number of primary amides is 1. The van der Waals surface area contributed by atoms with Crippen LogP contribution in [0.2, 0.25) is 0 Å². The lowest BCUT2D eigenvalue weighted by Gasteiger charge is -2.36. The molecule has 45 nitrogen and oxygen atoms in total. The number of aliphatic hydroxyl groups is 1. The van der Waals surface area contributed by atoms with Crippen LogP contribution in [-0.2, 0) is 117 Å². The number of nitrogens with one attached hydrogen (secondary N) is 11. The van der Waals surface area contributed by atoms with Crippen molar-refractivity contribution in [2.24, 2.45) is 22.9 Å². The van der Waals surface area contributed by atoms with Gasteiger partial charge >= 0.3 is 17.9 Å². The molecular weight excluding hydrogens is 1760 g/mol. The van der Waals surface area contributed by atoms with E-state index in [1.54, 1.807) is 61.7 Å². The van der Waals surface area contributed by atoms with Crippen LogP contribution in [0.4, 0.5) is 0 Å². The second kappa shape index (κ2) is 49.8. The number of nitrogens with zero attached hydrogens (tertiary/aromatic N) is 6. The number of amides is 16. The highest BCUT2D eigenvalue weighted by Gasteiger charge is 2.47. The van der Waals surface area contributed by atoms with E-state index in [9.17, 15) is 87.9 Å². The fourth-order valence-corrected chi connectivity index (χ4v) is 17.0. The number of carbonyl (C=O) groups is 19. The number of thioether (sulfide) groups is 1. The summed E-state index contributed by atoms with van der Waals surface area (Å²) in [6.07, 6.45) is -1.64. The van der Waals surface area contributed by atoms with Gasteiger partial charge in [-0.25, -0.2) is 0 Å². The van der Waals surface area contributed by atoms with Crippen LogP contribution in [-0.4, -0.2) is 335 Å². The molecule has 5 aromatic rings. The number of aromatic hydroxyl groups is 1. The van der Waals surface area contributed by atoms with E-state index in [0.717, 1.165) is 43.3 Å². The Balaban J connectivity index is 1.20. The molecule has 15 atom stereocenters. The molecule has 0 aliphatic carbocycles. The molecule has 133 heavy (non-hydrogen) atoms. The summed E-state index contributed by atoms with van der Waals surface area (Å²) in [6.45, 7) is 1.00. The smallest absolute Gasteiger partial charge is 0.323 e. The zero-order valence-corrected chi connectivity index (χ0v) is 75.6. The van der Waals surface area contributed by atoms with Crippen molar-refractivity contribution >= 4 is 146 Å². The van der Waals surface area contributed by atoms with Crippen molar-refractivity contribution in [1.29, 1.82) is 0 Å². The Labute approximate surface area is 769 Å². The van der Waals surface area contributed by atoms with Crippen LogP contribution in [0.15, 0.2) is 85.2 Å². The summed E-state index contributed by atoms with van der Waals surface area (Å²) in [5.41, 5.74) is 26.0. The van der Waals surface area contributed by atoms with Crippen molar-refractivity contribution in [2.45, 2.75) is 221 Å². The van der Waals surface area contributed by atoms with E-state index in [1.807, 2.05) is 6.92 Å². The highest BCUT2D eigenvalue weighted by atomic mass is 32.2. The van der Waals surface area contributed by atoms with Crippen LogP contribution in [0.3, 0.4) is 0 Å². The standard InChI is InChI=1S/C87H121N21O24S/c1-7-9-19-65-80(125)100-62(38-90)79(124)102-63(75(120)93-40-69(91)111)44-133-45-70(112)94-58(32-47-23-25-50(109)26-24-47)83(128)103(4)46(3)74(119)98-60(36-72(115)116)86(131)107-31-15-22-66(107)81(126)101-61(37-89)78(123)96-56(27-28-71(113)114)85(130)108-42-51(110)35-68(108)82(127)97-57(33-48-39-92-54-18-13-11-16-52(48)54)77(122)95-55(29-30-88)76(121)99-59(84(129)105(6)67(20-10-8-2)87(132)104(65)5)34-49-41-106(43-73(117)118)64-21-14-12-17-53(49)64/h11-14,16-18,21,23-26,39,41,46,51,55-63,65-68,92,109-110H,7-10,15,19-20,22,27-38,40,42-45,88-90H2,1-6H3,(H2,91,111)(H,93,120)(H,94,112)(H,95,122)(H,96,123)(H,97,127)(H,98,119)(H,99,121)(H,100,125)(H,101,126)(H,102,124)(H,113,114)(H,115,116)(H,117,118)/t46-,51+,55-,56-,57-,58-,59-,60+,61-,62-,63-,65-,66-,67-,68-/m0/s1. The molecule has 3 saturated heterocycles. The third-order valence-electron chi connectivity index (χ3n) is 23.5. The first kappa shape index (κ1) is 105.